The number of nitrogens with zero attached hydrogens (tertiary/aromatic N) is 2. The van der Waals surface area contributed by atoms with Gasteiger partial charge in [-0.3, -0.25) is 4.79 Å². The fraction of sp³-hybridized carbons (Fsp3) is 0.692. The van der Waals surface area contributed by atoms with E-state index in [0.29, 0.717) is 19.5 Å². The molecule has 0 spiro atoms. The molecule has 1 atom stereocenters. The van der Waals surface area contributed by atoms with Gasteiger partial charge in [-0.15, -0.1) is 0 Å². The SMILES string of the molecule is CCN(CCC#N)C(=O)C#CC1CCCCO1. The van der Waals surface area contributed by atoms with Gasteiger partial charge in [0.25, 0.3) is 5.91 Å². The number of carbonyl (C=O) groups excluding carboxylic acids is 1. The minimum Gasteiger partial charge on any atom is -0.366 e. The van der Waals surface area contributed by atoms with Crippen molar-refractivity contribution in [2.24, 2.45) is 0 Å². The Bertz CT molecular complexity index is 343. The van der Waals surface area contributed by atoms with Crippen LogP contribution in [-0.2, 0) is 9.53 Å². The van der Waals surface area contributed by atoms with Crippen molar-refractivity contribution in [2.45, 2.75) is 38.7 Å². The zero-order chi connectivity index (χ0) is 12.5. The van der Waals surface area contributed by atoms with Crippen LogP contribution < -0.4 is 0 Å². The number of ether oxygens (including phenoxy) is 1. The van der Waals surface area contributed by atoms with Crippen molar-refractivity contribution >= 4 is 5.91 Å². The van der Waals surface area contributed by atoms with E-state index in [4.69, 9.17) is 10.00 Å². The summed E-state index contributed by atoms with van der Waals surface area (Å²) in [6.45, 7) is 3.65. The molecule has 1 unspecified atom stereocenters. The summed E-state index contributed by atoms with van der Waals surface area (Å²) in [5, 5.41) is 8.48. The molecule has 1 rings (SSSR count). The second-order valence-electron chi connectivity index (χ2n) is 3.92. The van der Waals surface area contributed by atoms with Crippen LogP contribution in [0.25, 0.3) is 0 Å². The van der Waals surface area contributed by atoms with E-state index < -0.39 is 0 Å². The highest BCUT2D eigenvalue weighted by Crippen LogP contribution is 2.11. The largest absolute Gasteiger partial charge is 0.366 e. The van der Waals surface area contributed by atoms with Gasteiger partial charge in [0.15, 0.2) is 0 Å². The van der Waals surface area contributed by atoms with Gasteiger partial charge >= 0.3 is 0 Å². The topological polar surface area (TPSA) is 53.3 Å². The van der Waals surface area contributed by atoms with E-state index in [2.05, 4.69) is 11.8 Å². The van der Waals surface area contributed by atoms with Crippen molar-refractivity contribution in [3.8, 4) is 17.9 Å². The molecule has 1 aliphatic heterocycles. The molecule has 0 aromatic carbocycles. The van der Waals surface area contributed by atoms with Crippen molar-refractivity contribution in [1.82, 2.24) is 4.90 Å². The van der Waals surface area contributed by atoms with Crippen molar-refractivity contribution < 1.29 is 9.53 Å². The number of nitriles is 1. The van der Waals surface area contributed by atoms with Gasteiger partial charge in [0, 0.05) is 19.7 Å². The van der Waals surface area contributed by atoms with Crippen LogP contribution in [0.2, 0.25) is 0 Å². The van der Waals surface area contributed by atoms with Gasteiger partial charge in [0.1, 0.15) is 6.10 Å². The van der Waals surface area contributed by atoms with E-state index in [0.717, 1.165) is 25.9 Å². The summed E-state index contributed by atoms with van der Waals surface area (Å²) in [6.07, 6.45) is 3.35. The standard InChI is InChI=1S/C13H18N2O2/c1-2-15(10-5-9-14)13(16)8-7-12-6-3-4-11-17-12/h12H,2-6,10-11H2,1H3. The lowest BCUT2D eigenvalue weighted by Gasteiger charge is -2.18. The van der Waals surface area contributed by atoms with Gasteiger partial charge in [0.05, 0.1) is 12.5 Å². The summed E-state index contributed by atoms with van der Waals surface area (Å²) in [7, 11) is 0. The molecule has 1 aliphatic rings. The Morgan fingerprint density at radius 3 is 2.94 bits per heavy atom. The van der Waals surface area contributed by atoms with Crippen LogP contribution in [0, 0.1) is 23.2 Å². The molecular formula is C13H18N2O2. The molecule has 0 radical (unpaired) electrons. The Labute approximate surface area is 103 Å². The summed E-state index contributed by atoms with van der Waals surface area (Å²) < 4.78 is 5.43. The van der Waals surface area contributed by atoms with Gasteiger partial charge in [0.2, 0.25) is 0 Å². The normalized spacial score (nSPS) is 18.7. The maximum Gasteiger partial charge on any atom is 0.298 e. The van der Waals surface area contributed by atoms with Crippen LogP contribution in [0.1, 0.15) is 32.6 Å². The second-order valence-corrected chi connectivity index (χ2v) is 3.92. The van der Waals surface area contributed by atoms with E-state index in [1.807, 2.05) is 13.0 Å². The summed E-state index contributed by atoms with van der Waals surface area (Å²) in [5.74, 6) is 5.27. The lowest BCUT2D eigenvalue weighted by atomic mass is 10.1. The van der Waals surface area contributed by atoms with E-state index in [1.54, 1.807) is 4.90 Å². The first kappa shape index (κ1) is 13.5. The Hall–Kier alpha value is -1.52. The highest BCUT2D eigenvalue weighted by Gasteiger charge is 2.12. The molecule has 0 bridgehead atoms. The van der Waals surface area contributed by atoms with Gasteiger partial charge in [-0.2, -0.15) is 5.26 Å². The quantitative estimate of drug-likeness (QED) is 0.692. The van der Waals surface area contributed by atoms with Gasteiger partial charge in [-0.05, 0) is 32.1 Å². The molecule has 1 saturated heterocycles. The molecule has 1 heterocycles. The molecule has 0 saturated carbocycles. The van der Waals surface area contributed by atoms with E-state index >= 15 is 0 Å². The summed E-state index contributed by atoms with van der Waals surface area (Å²) in [6, 6.07) is 2.03. The minimum absolute atomic E-state index is 0.0950. The smallest absolute Gasteiger partial charge is 0.298 e. The molecule has 1 amide bonds. The monoisotopic (exact) mass is 234 g/mol. The first-order valence-corrected chi connectivity index (χ1v) is 6.07. The molecule has 17 heavy (non-hydrogen) atoms. The molecule has 0 aliphatic carbocycles. The lowest BCUT2D eigenvalue weighted by Crippen LogP contribution is -2.30. The molecule has 4 nitrogen and oxygen atoms in total. The Kier molecular flexibility index (Phi) is 6.14. The Morgan fingerprint density at radius 1 is 1.53 bits per heavy atom. The molecule has 1 fully saturated rings. The predicted molar refractivity (Wildman–Crippen MR) is 63.9 cm³/mol. The first-order valence-electron chi connectivity index (χ1n) is 6.07. The summed E-state index contributed by atoms with van der Waals surface area (Å²) >= 11 is 0. The average Bonchev–Trinajstić information content (AvgIpc) is 2.38. The van der Waals surface area contributed by atoms with Crippen molar-refractivity contribution in [1.29, 1.82) is 5.26 Å². The maximum atomic E-state index is 11.7. The third kappa shape index (κ3) is 4.89. The second kappa shape index (κ2) is 7.70. The Morgan fingerprint density at radius 2 is 2.35 bits per heavy atom. The third-order valence-corrected chi connectivity index (χ3v) is 2.68. The van der Waals surface area contributed by atoms with Crippen LogP contribution in [0.3, 0.4) is 0 Å². The zero-order valence-electron chi connectivity index (χ0n) is 10.2. The average molecular weight is 234 g/mol. The van der Waals surface area contributed by atoms with Crippen LogP contribution >= 0.6 is 0 Å². The molecule has 0 N–H and O–H groups in total. The molecule has 0 aromatic rings. The minimum atomic E-state index is -0.211. The maximum absolute atomic E-state index is 11.7. The number of rotatable bonds is 3. The van der Waals surface area contributed by atoms with Crippen LogP contribution in [-0.4, -0.2) is 36.6 Å². The third-order valence-electron chi connectivity index (χ3n) is 2.68. The van der Waals surface area contributed by atoms with Crippen LogP contribution in [0.15, 0.2) is 0 Å². The lowest BCUT2D eigenvalue weighted by molar-refractivity contribution is -0.124. The van der Waals surface area contributed by atoms with Crippen LogP contribution in [0.5, 0.6) is 0 Å². The first-order chi connectivity index (χ1) is 8.27. The Balaban J connectivity index is 2.45. The molecule has 0 aromatic heterocycles. The van der Waals surface area contributed by atoms with E-state index in [9.17, 15) is 4.79 Å². The van der Waals surface area contributed by atoms with E-state index in [1.165, 1.54) is 0 Å². The van der Waals surface area contributed by atoms with Crippen molar-refractivity contribution in [3.05, 3.63) is 0 Å². The fourth-order valence-corrected chi connectivity index (χ4v) is 1.66. The van der Waals surface area contributed by atoms with Gasteiger partial charge in [-0.25, -0.2) is 0 Å². The molecule has 4 heteroatoms. The summed E-state index contributed by atoms with van der Waals surface area (Å²) in [5.41, 5.74) is 0. The number of amides is 1. The van der Waals surface area contributed by atoms with Gasteiger partial charge in [-0.1, -0.05) is 5.92 Å². The fourth-order valence-electron chi connectivity index (χ4n) is 1.66. The molecule has 92 valence electrons. The highest BCUT2D eigenvalue weighted by molar-refractivity contribution is 5.93. The van der Waals surface area contributed by atoms with E-state index in [-0.39, 0.29) is 12.0 Å². The number of carbonyl (C=O) groups is 1. The number of hydrogen-bond acceptors (Lipinski definition) is 3. The predicted octanol–water partition coefficient (Wildman–Crippen LogP) is 1.32. The molecular weight excluding hydrogens is 216 g/mol. The van der Waals surface area contributed by atoms with Gasteiger partial charge < -0.3 is 9.64 Å². The van der Waals surface area contributed by atoms with Crippen LogP contribution in [0.4, 0.5) is 0 Å². The zero-order valence-corrected chi connectivity index (χ0v) is 10.2. The highest BCUT2D eigenvalue weighted by atomic mass is 16.5. The van der Waals surface area contributed by atoms with Crippen molar-refractivity contribution in [2.75, 3.05) is 19.7 Å². The number of hydrogen-bond donors (Lipinski definition) is 0. The van der Waals surface area contributed by atoms with Crippen molar-refractivity contribution in [3.63, 3.8) is 0 Å². The summed E-state index contributed by atoms with van der Waals surface area (Å²) in [4.78, 5) is 13.3.